The Kier molecular flexibility index (Phi) is 12.1. The number of aliphatic hydroxyl groups is 4. The number of hydrogen-bond acceptors (Lipinski definition) is 14. The van der Waals surface area contributed by atoms with Crippen LogP contribution in [0, 0.1) is 22.6 Å². The Balaban J connectivity index is 1.48. The summed E-state index contributed by atoms with van der Waals surface area (Å²) in [5.41, 5.74) is -11.3. The Morgan fingerprint density at radius 3 is 2.18 bits per heavy atom. The fourth-order valence-electron chi connectivity index (χ4n) is 9.61. The van der Waals surface area contributed by atoms with Gasteiger partial charge in [0.25, 0.3) is 6.43 Å². The Bertz CT molecular complexity index is 2110. The molecule has 0 spiro atoms. The highest BCUT2D eigenvalue weighted by Crippen LogP contribution is 2.64. The van der Waals surface area contributed by atoms with Gasteiger partial charge in [0.1, 0.15) is 35.8 Å². The number of halogens is 3. The molecule has 1 amide bonds. The van der Waals surface area contributed by atoms with E-state index in [1.165, 1.54) is 64.1 Å². The molecule has 1 aliphatic heterocycles. The SMILES string of the molecule is CC(=O)O[C@@]12CO[C@@H]1C[C@H](O)[C@@]1(C)C(=O)[C@H](O)C3=C(C)[C@@H](OC(=O)[C@H](O)[C@@H](NC(=O)OC(C)(C)C(F)F)c4ccccc4)C[C@@](O)([C@@H](OC(=O)c4ccccc4F)[C@H]21)C3(C)C. The molecule has 18 heteroatoms. The predicted octanol–water partition coefficient (Wildman–Crippen LogP) is 3.64. The van der Waals surface area contributed by atoms with E-state index in [9.17, 15) is 53.2 Å². The lowest BCUT2D eigenvalue weighted by atomic mass is 9.44. The van der Waals surface area contributed by atoms with E-state index >= 15 is 4.39 Å². The van der Waals surface area contributed by atoms with E-state index < -0.39 is 137 Å². The van der Waals surface area contributed by atoms with Crippen molar-refractivity contribution in [1.29, 1.82) is 0 Å². The summed E-state index contributed by atoms with van der Waals surface area (Å²) in [6, 6.07) is 10.5. The summed E-state index contributed by atoms with van der Waals surface area (Å²) in [5.74, 6) is -7.38. The predicted molar refractivity (Wildman–Crippen MR) is 204 cm³/mol. The number of rotatable bonds is 10. The van der Waals surface area contributed by atoms with Crippen LogP contribution in [0.3, 0.4) is 0 Å². The van der Waals surface area contributed by atoms with Crippen LogP contribution in [-0.2, 0) is 38.1 Å². The molecule has 0 aromatic heterocycles. The van der Waals surface area contributed by atoms with Crippen molar-refractivity contribution >= 4 is 29.8 Å². The van der Waals surface area contributed by atoms with Crippen LogP contribution < -0.4 is 5.32 Å². The number of Topliss-reactive ketones (excluding diaryl/α,β-unsaturated/α-hetero) is 1. The number of ether oxygens (including phenoxy) is 5. The molecule has 1 saturated heterocycles. The lowest BCUT2D eigenvalue weighted by Gasteiger charge is -2.67. The number of alkyl carbamates (subject to hydrolysis) is 1. The van der Waals surface area contributed by atoms with Crippen molar-refractivity contribution in [2.75, 3.05) is 6.61 Å². The molecule has 3 aliphatic carbocycles. The molecule has 61 heavy (non-hydrogen) atoms. The molecule has 332 valence electrons. The molecule has 11 atom stereocenters. The van der Waals surface area contributed by atoms with E-state index in [-0.39, 0.29) is 23.1 Å². The molecular formula is C43H50F3NO14. The number of carbonyl (C=O) groups excluding carboxylic acids is 5. The highest BCUT2D eigenvalue weighted by Gasteiger charge is 2.78. The van der Waals surface area contributed by atoms with Crippen molar-refractivity contribution in [2.24, 2.45) is 16.7 Å². The molecule has 0 unspecified atom stereocenters. The Labute approximate surface area is 349 Å². The molecule has 2 aromatic rings. The number of esters is 3. The first kappa shape index (κ1) is 45.6. The second-order valence-corrected chi connectivity index (χ2v) is 17.5. The van der Waals surface area contributed by atoms with Crippen molar-refractivity contribution in [1.82, 2.24) is 5.32 Å². The van der Waals surface area contributed by atoms with Gasteiger partial charge in [-0.3, -0.25) is 9.59 Å². The second kappa shape index (κ2) is 16.1. The maximum Gasteiger partial charge on any atom is 0.408 e. The number of carbonyl (C=O) groups is 5. The molecule has 0 radical (unpaired) electrons. The molecule has 5 N–H and O–H groups in total. The topological polar surface area (TPSA) is 224 Å². The molecule has 15 nitrogen and oxygen atoms in total. The van der Waals surface area contributed by atoms with Gasteiger partial charge in [0, 0.05) is 25.2 Å². The van der Waals surface area contributed by atoms with Crippen LogP contribution in [-0.4, -0.2) is 117 Å². The van der Waals surface area contributed by atoms with E-state index in [4.69, 9.17) is 23.7 Å². The minimum atomic E-state index is -3.10. The zero-order chi connectivity index (χ0) is 45.2. The molecule has 2 saturated carbocycles. The van der Waals surface area contributed by atoms with E-state index in [0.717, 1.165) is 32.9 Å². The number of fused-ring (bicyclic) bond motifs is 5. The quantitative estimate of drug-likeness (QED) is 0.131. The monoisotopic (exact) mass is 861 g/mol. The highest BCUT2D eigenvalue weighted by atomic mass is 19.3. The van der Waals surface area contributed by atoms with E-state index in [0.29, 0.717) is 0 Å². The van der Waals surface area contributed by atoms with Crippen LogP contribution >= 0.6 is 0 Å². The largest absolute Gasteiger partial charge is 0.456 e. The Hall–Kier alpha value is -4.88. The summed E-state index contributed by atoms with van der Waals surface area (Å²) in [4.78, 5) is 68.8. The minimum Gasteiger partial charge on any atom is -0.456 e. The zero-order valence-corrected chi connectivity index (χ0v) is 34.5. The lowest BCUT2D eigenvalue weighted by molar-refractivity contribution is -0.346. The molecular weight excluding hydrogens is 811 g/mol. The number of alkyl halides is 2. The van der Waals surface area contributed by atoms with Gasteiger partial charge in [-0.25, -0.2) is 27.6 Å². The van der Waals surface area contributed by atoms with Crippen LogP contribution in [0.2, 0.25) is 0 Å². The van der Waals surface area contributed by atoms with Gasteiger partial charge in [-0.15, -0.1) is 0 Å². The third-order valence-corrected chi connectivity index (χ3v) is 13.1. The Morgan fingerprint density at radius 2 is 1.61 bits per heavy atom. The summed E-state index contributed by atoms with van der Waals surface area (Å²) < 4.78 is 70.9. The molecule has 2 bridgehead atoms. The molecule has 1 heterocycles. The molecule has 4 aliphatic rings. The van der Waals surface area contributed by atoms with Crippen LogP contribution in [0.15, 0.2) is 65.7 Å². The number of nitrogens with one attached hydrogen (secondary N) is 1. The van der Waals surface area contributed by atoms with Gasteiger partial charge >= 0.3 is 24.0 Å². The lowest BCUT2D eigenvalue weighted by Crippen LogP contribution is -2.81. The maximum absolute atomic E-state index is 15.2. The number of aliphatic hydroxyl groups excluding tert-OH is 3. The molecule has 6 rings (SSSR count). The third kappa shape index (κ3) is 7.49. The number of benzene rings is 2. The van der Waals surface area contributed by atoms with Crippen LogP contribution in [0.1, 0.15) is 83.3 Å². The summed E-state index contributed by atoms with van der Waals surface area (Å²) in [7, 11) is 0. The van der Waals surface area contributed by atoms with E-state index in [2.05, 4.69) is 5.32 Å². The van der Waals surface area contributed by atoms with E-state index in [1.807, 2.05) is 0 Å². The number of ketones is 1. The summed E-state index contributed by atoms with van der Waals surface area (Å²) >= 11 is 0. The van der Waals surface area contributed by atoms with Gasteiger partial charge in [-0.1, -0.05) is 56.3 Å². The van der Waals surface area contributed by atoms with Crippen molar-refractivity contribution in [2.45, 2.75) is 127 Å². The minimum absolute atomic E-state index is 0.0180. The smallest absolute Gasteiger partial charge is 0.408 e. The van der Waals surface area contributed by atoms with E-state index in [1.54, 1.807) is 6.07 Å². The average molecular weight is 862 g/mol. The second-order valence-electron chi connectivity index (χ2n) is 17.5. The summed E-state index contributed by atoms with van der Waals surface area (Å²) in [5, 5.41) is 51.1. The van der Waals surface area contributed by atoms with Crippen molar-refractivity contribution in [3.05, 3.63) is 82.7 Å². The van der Waals surface area contributed by atoms with Gasteiger partial charge in [0.2, 0.25) is 0 Å². The highest BCUT2D eigenvalue weighted by molar-refractivity contribution is 5.94. The standard InChI is InChI=1S/C43H50F3NO14/c1-20-25(58-36(54)31(51)29(22-13-9-8-10-14-22)47-38(55)61-40(5,6)37(45)46)18-43(56)34(59-35(53)23-15-11-12-16-24(23)44)32-41(7,33(52)30(50)28(20)39(43,3)4)26(49)17-27-42(32,19-57-27)60-21(2)48/h8-16,25-27,29-32,34,37,49-51,56H,17-19H2,1-7H3,(H,47,55)/t25-,26-,27+,29-,30+,31+,32-,34-,41+,42-,43+/m0/s1. The van der Waals surface area contributed by atoms with Gasteiger partial charge in [-0.05, 0) is 56.5 Å². The van der Waals surface area contributed by atoms with Gasteiger partial charge < -0.3 is 49.4 Å². The zero-order valence-electron chi connectivity index (χ0n) is 34.5. The maximum atomic E-state index is 15.2. The molecule has 3 fully saturated rings. The summed E-state index contributed by atoms with van der Waals surface area (Å²) in [6.07, 6.45) is -16.4. The average Bonchev–Trinajstić information content (AvgIpc) is 3.18. The van der Waals surface area contributed by atoms with Crippen molar-refractivity contribution in [3.8, 4) is 0 Å². The van der Waals surface area contributed by atoms with Crippen LogP contribution in [0.25, 0.3) is 0 Å². The number of hydrogen-bond donors (Lipinski definition) is 5. The van der Waals surface area contributed by atoms with Crippen LogP contribution in [0.4, 0.5) is 18.0 Å². The summed E-state index contributed by atoms with van der Waals surface area (Å²) in [6.45, 7) is 8.10. The normalized spacial score (nSPS) is 32.7. The first-order valence-electron chi connectivity index (χ1n) is 19.7. The van der Waals surface area contributed by atoms with Gasteiger partial charge in [0.05, 0.1) is 35.6 Å². The first-order valence-corrected chi connectivity index (χ1v) is 19.7. The fourth-order valence-corrected chi connectivity index (χ4v) is 9.61. The fraction of sp³-hybridized carbons (Fsp3) is 0.558. The third-order valence-electron chi connectivity index (χ3n) is 13.1. The van der Waals surface area contributed by atoms with Crippen molar-refractivity contribution in [3.63, 3.8) is 0 Å². The molecule has 2 aromatic carbocycles. The van der Waals surface area contributed by atoms with Crippen molar-refractivity contribution < 1.29 is 81.3 Å². The first-order chi connectivity index (χ1) is 28.3. The van der Waals surface area contributed by atoms with Gasteiger partial charge in [-0.2, -0.15) is 0 Å². The number of amides is 1. The van der Waals surface area contributed by atoms with Crippen LogP contribution in [0.5, 0.6) is 0 Å². The Morgan fingerprint density at radius 1 is 0.984 bits per heavy atom. The van der Waals surface area contributed by atoms with Gasteiger partial charge in [0.15, 0.2) is 23.1 Å².